The average molecular weight is 308 g/mol. The maximum Gasteiger partial charge on any atom is 0.324 e. The molecule has 6 nitrogen and oxygen atoms in total. The van der Waals surface area contributed by atoms with Gasteiger partial charge in [0.1, 0.15) is 0 Å². The third-order valence-corrected chi connectivity index (χ3v) is 4.44. The lowest BCUT2D eigenvalue weighted by atomic mass is 10.1. The van der Waals surface area contributed by atoms with Crippen LogP contribution in [-0.4, -0.2) is 42.0 Å². The van der Waals surface area contributed by atoms with E-state index in [1.54, 1.807) is 0 Å². The molecule has 3 atom stereocenters. The molecule has 2 fully saturated rings. The molecule has 1 N–H and O–H groups in total. The highest BCUT2D eigenvalue weighted by molar-refractivity contribution is 5.98. The van der Waals surface area contributed by atoms with Crippen LogP contribution in [0.15, 0.2) is 11.6 Å². The highest BCUT2D eigenvalue weighted by Crippen LogP contribution is 2.59. The molecule has 1 aliphatic heterocycles. The minimum atomic E-state index is -0.944. The fourth-order valence-electron chi connectivity index (χ4n) is 3.00. The Morgan fingerprint density at radius 2 is 2.05 bits per heavy atom. The minimum Gasteiger partial charge on any atom is -0.452 e. The fraction of sp³-hybridized carbons (Fsp3) is 0.688. The number of amides is 3. The summed E-state index contributed by atoms with van der Waals surface area (Å²) < 4.78 is 5.30. The molecule has 1 saturated heterocycles. The predicted octanol–water partition coefficient (Wildman–Crippen LogP) is 1.71. The molecule has 122 valence electrons. The molecule has 0 bridgehead atoms. The van der Waals surface area contributed by atoms with E-state index in [-0.39, 0.29) is 23.2 Å². The molecule has 1 aliphatic carbocycles. The van der Waals surface area contributed by atoms with Gasteiger partial charge in [-0.2, -0.15) is 0 Å². The molecule has 1 saturated carbocycles. The molecule has 0 aromatic carbocycles. The van der Waals surface area contributed by atoms with Crippen LogP contribution < -0.4 is 5.32 Å². The number of imide groups is 1. The van der Waals surface area contributed by atoms with Gasteiger partial charge in [-0.3, -0.25) is 14.5 Å². The number of hydrogen-bond acceptors (Lipinski definition) is 4. The minimum absolute atomic E-state index is 0.141. The van der Waals surface area contributed by atoms with Crippen molar-refractivity contribution in [1.82, 2.24) is 10.2 Å². The Labute approximate surface area is 130 Å². The first kappa shape index (κ1) is 16.5. The van der Waals surface area contributed by atoms with Crippen molar-refractivity contribution < 1.29 is 19.1 Å². The van der Waals surface area contributed by atoms with E-state index in [0.29, 0.717) is 13.1 Å². The summed E-state index contributed by atoms with van der Waals surface area (Å²) in [6.45, 7) is 10.3. The van der Waals surface area contributed by atoms with E-state index < -0.39 is 18.0 Å². The van der Waals surface area contributed by atoms with E-state index in [9.17, 15) is 14.4 Å². The van der Waals surface area contributed by atoms with Crippen LogP contribution in [0.5, 0.6) is 0 Å². The zero-order valence-corrected chi connectivity index (χ0v) is 13.8. The van der Waals surface area contributed by atoms with E-state index in [4.69, 9.17) is 4.74 Å². The van der Waals surface area contributed by atoms with Crippen molar-refractivity contribution in [2.24, 2.45) is 17.3 Å². The number of carbonyl (C=O) groups is 3. The predicted molar refractivity (Wildman–Crippen MR) is 80.9 cm³/mol. The molecule has 22 heavy (non-hydrogen) atoms. The van der Waals surface area contributed by atoms with Crippen LogP contribution in [0.4, 0.5) is 4.79 Å². The Morgan fingerprint density at radius 1 is 1.41 bits per heavy atom. The monoisotopic (exact) mass is 308 g/mol. The number of urea groups is 1. The van der Waals surface area contributed by atoms with Gasteiger partial charge >= 0.3 is 12.0 Å². The third kappa shape index (κ3) is 3.00. The number of nitrogens with one attached hydrogen (secondary N) is 1. The van der Waals surface area contributed by atoms with Crippen molar-refractivity contribution in [1.29, 1.82) is 0 Å². The number of carbonyl (C=O) groups excluding carboxylic acids is 3. The van der Waals surface area contributed by atoms with Crippen LogP contribution in [-0.2, 0) is 14.3 Å². The van der Waals surface area contributed by atoms with Gasteiger partial charge in [-0.1, -0.05) is 25.5 Å². The Kier molecular flexibility index (Phi) is 4.31. The maximum atomic E-state index is 12.3. The summed E-state index contributed by atoms with van der Waals surface area (Å²) in [5.74, 6) is -0.930. The lowest BCUT2D eigenvalue weighted by Crippen LogP contribution is -2.42. The summed E-state index contributed by atoms with van der Waals surface area (Å²) in [7, 11) is 0. The van der Waals surface area contributed by atoms with Crippen LogP contribution in [0.3, 0.4) is 0 Å². The number of ether oxygens (including phenoxy) is 1. The molecule has 0 unspecified atom stereocenters. The Bertz CT molecular complexity index is 534. The number of allylic oxidation sites excluding steroid dienone is 2. The Morgan fingerprint density at radius 3 is 2.55 bits per heavy atom. The highest BCUT2D eigenvalue weighted by Gasteiger charge is 2.61. The van der Waals surface area contributed by atoms with E-state index in [2.05, 4.69) is 11.4 Å². The zero-order chi connectivity index (χ0) is 16.7. The maximum absolute atomic E-state index is 12.3. The Balaban J connectivity index is 1.96. The molecule has 0 radical (unpaired) electrons. The summed E-state index contributed by atoms with van der Waals surface area (Å²) in [6.07, 6.45) is 1.13. The van der Waals surface area contributed by atoms with Crippen molar-refractivity contribution >= 4 is 17.9 Å². The first-order valence-corrected chi connectivity index (χ1v) is 7.61. The largest absolute Gasteiger partial charge is 0.452 e. The number of nitrogens with zero attached hydrogens (tertiary/aromatic N) is 1. The molecule has 2 rings (SSSR count). The summed E-state index contributed by atoms with van der Waals surface area (Å²) in [5, 5.41) is 2.55. The Hall–Kier alpha value is -1.85. The van der Waals surface area contributed by atoms with Gasteiger partial charge in [0.2, 0.25) is 0 Å². The second-order valence-electron chi connectivity index (χ2n) is 6.87. The smallest absolute Gasteiger partial charge is 0.324 e. The normalized spacial score (nSPS) is 27.0. The van der Waals surface area contributed by atoms with Gasteiger partial charge in [0, 0.05) is 13.1 Å². The number of esters is 1. The molecular formula is C16H24N2O4. The molecule has 2 aliphatic rings. The molecule has 0 aromatic rings. The summed E-state index contributed by atoms with van der Waals surface area (Å²) in [6, 6.07) is -0.429. The topological polar surface area (TPSA) is 75.7 Å². The van der Waals surface area contributed by atoms with Gasteiger partial charge in [0.05, 0.1) is 5.92 Å². The first-order chi connectivity index (χ1) is 10.2. The quantitative estimate of drug-likeness (QED) is 0.633. The van der Waals surface area contributed by atoms with Crippen molar-refractivity contribution in [2.75, 3.05) is 13.1 Å². The zero-order valence-electron chi connectivity index (χ0n) is 13.8. The van der Waals surface area contributed by atoms with Crippen molar-refractivity contribution in [2.45, 2.75) is 40.7 Å². The lowest BCUT2D eigenvalue weighted by molar-refractivity contribution is -0.159. The lowest BCUT2D eigenvalue weighted by Gasteiger charge is -2.18. The fourth-order valence-corrected chi connectivity index (χ4v) is 3.00. The number of hydrogen-bond donors (Lipinski definition) is 1. The van der Waals surface area contributed by atoms with Crippen molar-refractivity contribution in [3.8, 4) is 0 Å². The van der Waals surface area contributed by atoms with Gasteiger partial charge in [0.25, 0.3) is 5.91 Å². The van der Waals surface area contributed by atoms with E-state index in [0.717, 1.165) is 10.5 Å². The van der Waals surface area contributed by atoms with Gasteiger partial charge in [-0.15, -0.1) is 0 Å². The van der Waals surface area contributed by atoms with Gasteiger partial charge in [-0.05, 0) is 32.1 Å². The standard InChI is InChI=1S/C16H24N2O4/c1-9(2)8-11-12(16(11,4)5)14(20)22-10(3)13(19)18-7-6-17-15(18)21/h8,10-12H,6-7H2,1-5H3,(H,17,21)/t10-,11-,12-/m1/s1. The molecular weight excluding hydrogens is 284 g/mol. The molecule has 3 amide bonds. The van der Waals surface area contributed by atoms with Gasteiger partial charge < -0.3 is 10.1 Å². The van der Waals surface area contributed by atoms with Crippen LogP contribution in [0.25, 0.3) is 0 Å². The highest BCUT2D eigenvalue weighted by atomic mass is 16.5. The van der Waals surface area contributed by atoms with E-state index in [1.807, 2.05) is 27.7 Å². The van der Waals surface area contributed by atoms with Crippen LogP contribution in [0.2, 0.25) is 0 Å². The van der Waals surface area contributed by atoms with Crippen LogP contribution >= 0.6 is 0 Å². The summed E-state index contributed by atoms with van der Waals surface area (Å²) in [5.41, 5.74) is 1.01. The second-order valence-corrected chi connectivity index (χ2v) is 6.87. The SMILES string of the molecule is CC(C)=C[C@@H]1[C@H](C(=O)O[C@H](C)C(=O)N2CCNC2=O)C1(C)C. The molecule has 1 heterocycles. The first-order valence-electron chi connectivity index (χ1n) is 7.61. The van der Waals surface area contributed by atoms with Crippen molar-refractivity contribution in [3.63, 3.8) is 0 Å². The van der Waals surface area contributed by atoms with E-state index in [1.165, 1.54) is 6.92 Å². The third-order valence-electron chi connectivity index (χ3n) is 4.44. The van der Waals surface area contributed by atoms with Gasteiger partial charge in [0.15, 0.2) is 6.10 Å². The van der Waals surface area contributed by atoms with Gasteiger partial charge in [-0.25, -0.2) is 4.79 Å². The van der Waals surface area contributed by atoms with Crippen molar-refractivity contribution in [3.05, 3.63) is 11.6 Å². The molecule has 0 spiro atoms. The number of rotatable bonds is 4. The summed E-state index contributed by atoms with van der Waals surface area (Å²) in [4.78, 5) is 37.0. The average Bonchev–Trinajstić information content (AvgIpc) is 2.74. The second kappa shape index (κ2) is 5.74. The molecule has 0 aromatic heterocycles. The molecule has 6 heteroatoms. The van der Waals surface area contributed by atoms with Crippen LogP contribution in [0, 0.1) is 17.3 Å². The van der Waals surface area contributed by atoms with E-state index >= 15 is 0 Å². The summed E-state index contributed by atoms with van der Waals surface area (Å²) >= 11 is 0. The van der Waals surface area contributed by atoms with Crippen LogP contribution in [0.1, 0.15) is 34.6 Å².